The number of morpholine rings is 1. The number of hydrogen-bond acceptors (Lipinski definition) is 5. The second-order valence-corrected chi connectivity index (χ2v) is 5.71. The van der Waals surface area contributed by atoms with Gasteiger partial charge in [0, 0.05) is 13.1 Å². The highest BCUT2D eigenvalue weighted by Gasteiger charge is 2.29. The molecule has 0 bridgehead atoms. The minimum Gasteiger partial charge on any atom is -0.394 e. The van der Waals surface area contributed by atoms with Crippen LogP contribution in [-0.4, -0.2) is 54.4 Å². The van der Waals surface area contributed by atoms with Gasteiger partial charge in [0.25, 0.3) is 5.91 Å². The molecule has 2 heterocycles. The zero-order valence-corrected chi connectivity index (χ0v) is 12.2. The average molecular weight is 294 g/mol. The normalized spacial score (nSPS) is 22.2. The second-order valence-electron chi connectivity index (χ2n) is 4.63. The molecule has 0 radical (unpaired) electrons. The molecule has 2 atom stereocenters. The van der Waals surface area contributed by atoms with E-state index in [1.807, 2.05) is 13.0 Å². The van der Waals surface area contributed by atoms with Crippen LogP contribution in [-0.2, 0) is 4.74 Å². The summed E-state index contributed by atoms with van der Waals surface area (Å²) in [6, 6.07) is 3.61. The van der Waals surface area contributed by atoms with E-state index in [9.17, 15) is 9.90 Å². The quantitative estimate of drug-likeness (QED) is 0.768. The average Bonchev–Trinajstić information content (AvgIpc) is 2.92. The zero-order chi connectivity index (χ0) is 14.5. The van der Waals surface area contributed by atoms with E-state index in [4.69, 9.17) is 10.5 Å². The Kier molecular flexibility index (Phi) is 5.15. The molecule has 2 unspecified atom stereocenters. The molecule has 108 valence electrons. The summed E-state index contributed by atoms with van der Waals surface area (Å²) in [4.78, 5) is 15.6. The van der Waals surface area contributed by atoms with Gasteiger partial charge in [0.05, 0.1) is 35.1 Å². The van der Waals surface area contributed by atoms with E-state index in [2.05, 4.69) is 11.8 Å². The molecule has 2 rings (SSSR count). The summed E-state index contributed by atoms with van der Waals surface area (Å²) < 4.78 is 5.53. The maximum absolute atomic E-state index is 12.4. The molecule has 1 fully saturated rings. The molecule has 1 amide bonds. The van der Waals surface area contributed by atoms with Crippen LogP contribution in [0.25, 0.3) is 0 Å². The van der Waals surface area contributed by atoms with Crippen molar-refractivity contribution in [1.82, 2.24) is 4.90 Å². The van der Waals surface area contributed by atoms with Crippen LogP contribution in [0.5, 0.6) is 0 Å². The topological polar surface area (TPSA) is 75.8 Å². The van der Waals surface area contributed by atoms with Gasteiger partial charge in [-0.25, -0.2) is 0 Å². The highest BCUT2D eigenvalue weighted by molar-refractivity contribution is 7.14. The fraction of sp³-hybridized carbons (Fsp3) is 0.500. The molecule has 1 aromatic rings. The summed E-state index contributed by atoms with van der Waals surface area (Å²) in [6.07, 6.45) is -0.375. The minimum absolute atomic E-state index is 0.0376. The van der Waals surface area contributed by atoms with Gasteiger partial charge in [-0.3, -0.25) is 4.79 Å². The second kappa shape index (κ2) is 6.86. The van der Waals surface area contributed by atoms with E-state index in [1.54, 1.807) is 11.0 Å². The Balaban J connectivity index is 2.08. The largest absolute Gasteiger partial charge is 0.394 e. The summed E-state index contributed by atoms with van der Waals surface area (Å²) in [5, 5.41) is 9.19. The van der Waals surface area contributed by atoms with Crippen molar-refractivity contribution < 1.29 is 14.6 Å². The predicted molar refractivity (Wildman–Crippen MR) is 77.6 cm³/mol. The summed E-state index contributed by atoms with van der Waals surface area (Å²) in [5.41, 5.74) is 5.32. The van der Waals surface area contributed by atoms with Crippen molar-refractivity contribution in [2.45, 2.75) is 19.1 Å². The SMILES string of the molecule is CC1CN(C(=O)c2ccc(C#CCN)s2)CC(CO)O1. The molecule has 1 aliphatic rings. The zero-order valence-electron chi connectivity index (χ0n) is 11.3. The standard InChI is InChI=1S/C14H18N2O3S/c1-10-7-16(8-11(9-17)19-10)14(18)13-5-4-12(20-13)3-2-6-15/h4-5,10-11,17H,6-9,15H2,1H3. The molecule has 0 aromatic carbocycles. The van der Waals surface area contributed by atoms with Crippen molar-refractivity contribution in [2.75, 3.05) is 26.2 Å². The van der Waals surface area contributed by atoms with Crippen molar-refractivity contribution in [3.8, 4) is 11.8 Å². The Morgan fingerprint density at radius 3 is 3.10 bits per heavy atom. The van der Waals surface area contributed by atoms with Crippen molar-refractivity contribution in [1.29, 1.82) is 0 Å². The lowest BCUT2D eigenvalue weighted by atomic mass is 10.2. The van der Waals surface area contributed by atoms with Crippen LogP contribution < -0.4 is 5.73 Å². The predicted octanol–water partition coefficient (Wildman–Crippen LogP) is 0.280. The number of nitrogens with zero attached hydrogens (tertiary/aromatic N) is 1. The molecule has 0 saturated carbocycles. The molecule has 1 aliphatic heterocycles. The lowest BCUT2D eigenvalue weighted by molar-refractivity contribution is -0.0857. The Hall–Kier alpha value is -1.39. The number of nitrogens with two attached hydrogens (primary N) is 1. The third-order valence-electron chi connectivity index (χ3n) is 2.95. The molecule has 3 N–H and O–H groups in total. The summed E-state index contributed by atoms with van der Waals surface area (Å²) in [5.74, 6) is 5.65. The number of carbonyl (C=O) groups is 1. The Bertz CT molecular complexity index is 532. The number of amides is 1. The monoisotopic (exact) mass is 294 g/mol. The van der Waals surface area contributed by atoms with Crippen LogP contribution in [0.3, 0.4) is 0 Å². The van der Waals surface area contributed by atoms with E-state index < -0.39 is 0 Å². The first-order valence-corrected chi connectivity index (χ1v) is 7.30. The first-order chi connectivity index (χ1) is 9.63. The Morgan fingerprint density at radius 2 is 2.40 bits per heavy atom. The van der Waals surface area contributed by atoms with Crippen LogP contribution in [0.15, 0.2) is 12.1 Å². The molecule has 6 heteroatoms. The molecule has 1 saturated heterocycles. The highest BCUT2D eigenvalue weighted by Crippen LogP contribution is 2.20. The van der Waals surface area contributed by atoms with Crippen LogP contribution >= 0.6 is 11.3 Å². The molecule has 20 heavy (non-hydrogen) atoms. The van der Waals surface area contributed by atoms with Gasteiger partial charge in [-0.15, -0.1) is 11.3 Å². The van der Waals surface area contributed by atoms with Gasteiger partial charge in [-0.2, -0.15) is 0 Å². The van der Waals surface area contributed by atoms with Gasteiger partial charge >= 0.3 is 0 Å². The van der Waals surface area contributed by atoms with Gasteiger partial charge in [0.2, 0.25) is 0 Å². The van der Waals surface area contributed by atoms with Gasteiger partial charge in [-0.1, -0.05) is 11.8 Å². The van der Waals surface area contributed by atoms with Crippen LogP contribution in [0, 0.1) is 11.8 Å². The number of carbonyl (C=O) groups excluding carboxylic acids is 1. The highest BCUT2D eigenvalue weighted by atomic mass is 32.1. The molecule has 0 aliphatic carbocycles. The first kappa shape index (κ1) is 15.0. The van der Waals surface area contributed by atoms with Crippen LogP contribution in [0.1, 0.15) is 21.5 Å². The molecular weight excluding hydrogens is 276 g/mol. The van der Waals surface area contributed by atoms with E-state index in [0.29, 0.717) is 24.5 Å². The van der Waals surface area contributed by atoms with Crippen molar-refractivity contribution in [2.24, 2.45) is 5.73 Å². The Labute approximate surface area is 122 Å². The van der Waals surface area contributed by atoms with E-state index in [1.165, 1.54) is 11.3 Å². The molecule has 5 nitrogen and oxygen atoms in total. The molecular formula is C14H18N2O3S. The fourth-order valence-electron chi connectivity index (χ4n) is 2.13. The summed E-state index contributed by atoms with van der Waals surface area (Å²) >= 11 is 1.36. The van der Waals surface area contributed by atoms with Gasteiger partial charge < -0.3 is 20.5 Å². The lowest BCUT2D eigenvalue weighted by Gasteiger charge is -2.35. The maximum atomic E-state index is 12.4. The number of hydrogen-bond donors (Lipinski definition) is 2. The number of aliphatic hydroxyl groups excluding tert-OH is 1. The Morgan fingerprint density at radius 1 is 1.60 bits per heavy atom. The van der Waals surface area contributed by atoms with E-state index in [-0.39, 0.29) is 24.7 Å². The molecule has 0 spiro atoms. The smallest absolute Gasteiger partial charge is 0.264 e. The number of thiophene rings is 1. The van der Waals surface area contributed by atoms with Gasteiger partial charge in [0.15, 0.2) is 0 Å². The third-order valence-corrected chi connectivity index (χ3v) is 3.94. The van der Waals surface area contributed by atoms with Crippen molar-refractivity contribution in [3.05, 3.63) is 21.9 Å². The summed E-state index contributed by atoms with van der Waals surface area (Å²) in [7, 11) is 0. The maximum Gasteiger partial charge on any atom is 0.264 e. The van der Waals surface area contributed by atoms with Crippen LogP contribution in [0.2, 0.25) is 0 Å². The van der Waals surface area contributed by atoms with Crippen molar-refractivity contribution in [3.63, 3.8) is 0 Å². The number of rotatable bonds is 2. The first-order valence-electron chi connectivity index (χ1n) is 6.48. The molecule has 1 aromatic heterocycles. The lowest BCUT2D eigenvalue weighted by Crippen LogP contribution is -2.50. The van der Waals surface area contributed by atoms with Gasteiger partial charge in [-0.05, 0) is 19.1 Å². The number of ether oxygens (including phenoxy) is 1. The summed E-state index contributed by atoms with van der Waals surface area (Å²) in [6.45, 7) is 3.08. The van der Waals surface area contributed by atoms with Crippen molar-refractivity contribution >= 4 is 17.2 Å². The van der Waals surface area contributed by atoms with Gasteiger partial charge in [0.1, 0.15) is 0 Å². The third kappa shape index (κ3) is 3.58. The van der Waals surface area contributed by atoms with E-state index in [0.717, 1.165) is 4.88 Å². The minimum atomic E-state index is -0.306. The fourth-order valence-corrected chi connectivity index (χ4v) is 2.97. The van der Waals surface area contributed by atoms with E-state index >= 15 is 0 Å². The number of aliphatic hydroxyl groups is 1. The van der Waals surface area contributed by atoms with Crippen LogP contribution in [0.4, 0.5) is 0 Å².